The maximum atomic E-state index is 12.9. The van der Waals surface area contributed by atoms with E-state index in [1.54, 1.807) is 5.06 Å². The van der Waals surface area contributed by atoms with E-state index in [-0.39, 0.29) is 11.3 Å². The maximum absolute atomic E-state index is 12.9. The van der Waals surface area contributed by atoms with Crippen molar-refractivity contribution in [3.05, 3.63) is 35.9 Å². The van der Waals surface area contributed by atoms with E-state index in [1.165, 1.54) is 0 Å². The first-order valence-corrected chi connectivity index (χ1v) is 7.33. The van der Waals surface area contributed by atoms with E-state index >= 15 is 0 Å². The molecular formula is C16H21NO2. The quantitative estimate of drug-likeness (QED) is 0.817. The first kappa shape index (κ1) is 12.7. The van der Waals surface area contributed by atoms with Gasteiger partial charge in [-0.15, -0.1) is 0 Å². The summed E-state index contributed by atoms with van der Waals surface area (Å²) in [4.78, 5) is 18.5. The van der Waals surface area contributed by atoms with Crippen LogP contribution in [0.15, 0.2) is 30.3 Å². The van der Waals surface area contributed by atoms with Crippen LogP contribution >= 0.6 is 0 Å². The largest absolute Gasteiger partial charge is 0.272 e. The van der Waals surface area contributed by atoms with Crippen molar-refractivity contribution < 1.29 is 9.63 Å². The van der Waals surface area contributed by atoms with Gasteiger partial charge < -0.3 is 0 Å². The molecular weight excluding hydrogens is 238 g/mol. The molecule has 3 heteroatoms. The maximum Gasteiger partial charge on any atom is 0.256 e. The van der Waals surface area contributed by atoms with E-state index in [0.29, 0.717) is 6.61 Å². The smallest absolute Gasteiger partial charge is 0.256 e. The summed E-state index contributed by atoms with van der Waals surface area (Å²) in [6, 6.07) is 10.2. The highest BCUT2D eigenvalue weighted by atomic mass is 16.7. The number of nitrogens with zero attached hydrogens (tertiary/aromatic N) is 1. The fourth-order valence-electron chi connectivity index (χ4n) is 3.36. The Hall–Kier alpha value is -1.35. The van der Waals surface area contributed by atoms with Gasteiger partial charge in [-0.3, -0.25) is 9.63 Å². The molecule has 1 aromatic rings. The van der Waals surface area contributed by atoms with Gasteiger partial charge in [0.1, 0.15) is 0 Å². The number of carbonyl (C=O) groups is 1. The molecule has 102 valence electrons. The molecule has 0 bridgehead atoms. The van der Waals surface area contributed by atoms with E-state index < -0.39 is 0 Å². The van der Waals surface area contributed by atoms with Gasteiger partial charge in [-0.25, -0.2) is 5.06 Å². The van der Waals surface area contributed by atoms with E-state index in [1.807, 2.05) is 18.2 Å². The minimum atomic E-state index is -0.335. The summed E-state index contributed by atoms with van der Waals surface area (Å²) in [5, 5.41) is 1.63. The molecule has 0 atom stereocenters. The Morgan fingerprint density at radius 3 is 2.42 bits per heavy atom. The Morgan fingerprint density at radius 1 is 1.05 bits per heavy atom. The third-order valence-corrected chi connectivity index (χ3v) is 4.42. The fourth-order valence-corrected chi connectivity index (χ4v) is 3.36. The molecule has 0 unspecified atom stereocenters. The molecule has 0 spiro atoms. The molecule has 3 nitrogen and oxygen atoms in total. The van der Waals surface area contributed by atoms with Gasteiger partial charge in [-0.2, -0.15) is 0 Å². The number of benzene rings is 1. The monoisotopic (exact) mass is 259 g/mol. The molecule has 0 N–H and O–H groups in total. The average molecular weight is 259 g/mol. The standard InChI is InChI=1S/C16H21NO2/c18-15(17-12-6-7-13-19-17)16(10-4-5-11-16)14-8-2-1-3-9-14/h1-3,8-9H,4-7,10-13H2. The summed E-state index contributed by atoms with van der Waals surface area (Å²) in [7, 11) is 0. The number of hydrogen-bond acceptors (Lipinski definition) is 2. The number of rotatable bonds is 2. The molecule has 2 fully saturated rings. The molecule has 1 saturated heterocycles. The second kappa shape index (κ2) is 5.33. The van der Waals surface area contributed by atoms with E-state index in [0.717, 1.165) is 50.6 Å². The van der Waals surface area contributed by atoms with Crippen LogP contribution in [0.1, 0.15) is 44.1 Å². The zero-order valence-corrected chi connectivity index (χ0v) is 11.3. The van der Waals surface area contributed by atoms with Gasteiger partial charge in [0, 0.05) is 6.54 Å². The van der Waals surface area contributed by atoms with Crippen LogP contribution < -0.4 is 0 Å². The van der Waals surface area contributed by atoms with Crippen LogP contribution in [0.5, 0.6) is 0 Å². The van der Waals surface area contributed by atoms with Gasteiger partial charge in [-0.05, 0) is 31.2 Å². The Balaban J connectivity index is 1.90. The van der Waals surface area contributed by atoms with Gasteiger partial charge in [0.15, 0.2) is 0 Å². The van der Waals surface area contributed by atoms with Crippen molar-refractivity contribution in [2.75, 3.05) is 13.2 Å². The van der Waals surface area contributed by atoms with Crippen molar-refractivity contribution in [1.29, 1.82) is 0 Å². The summed E-state index contributed by atoms with van der Waals surface area (Å²) >= 11 is 0. The third kappa shape index (κ3) is 2.27. The summed E-state index contributed by atoms with van der Waals surface area (Å²) in [5.74, 6) is 0.177. The van der Waals surface area contributed by atoms with Crippen molar-refractivity contribution in [1.82, 2.24) is 5.06 Å². The average Bonchev–Trinajstić information content (AvgIpc) is 2.99. The lowest BCUT2D eigenvalue weighted by molar-refractivity contribution is -0.203. The SMILES string of the molecule is O=C(N1CCCCO1)C1(c2ccccc2)CCCC1. The molecule has 1 aliphatic heterocycles. The number of hydroxylamine groups is 2. The Bertz CT molecular complexity index is 431. The van der Waals surface area contributed by atoms with E-state index in [9.17, 15) is 4.79 Å². The topological polar surface area (TPSA) is 29.5 Å². The minimum Gasteiger partial charge on any atom is -0.272 e. The zero-order valence-electron chi connectivity index (χ0n) is 11.3. The van der Waals surface area contributed by atoms with Crippen LogP contribution in [0.25, 0.3) is 0 Å². The summed E-state index contributed by atoms with van der Waals surface area (Å²) in [6.07, 6.45) is 6.28. The highest BCUT2D eigenvalue weighted by Crippen LogP contribution is 2.42. The fraction of sp³-hybridized carbons (Fsp3) is 0.562. The lowest BCUT2D eigenvalue weighted by atomic mass is 9.78. The number of carbonyl (C=O) groups excluding carboxylic acids is 1. The number of hydrogen-bond donors (Lipinski definition) is 0. The molecule has 2 aliphatic rings. The van der Waals surface area contributed by atoms with Crippen LogP contribution in [0.4, 0.5) is 0 Å². The molecule has 1 aromatic carbocycles. The van der Waals surface area contributed by atoms with Crippen molar-refractivity contribution in [2.24, 2.45) is 0 Å². The molecule has 3 rings (SSSR count). The summed E-state index contributed by atoms with van der Waals surface area (Å²) in [6.45, 7) is 1.42. The lowest BCUT2D eigenvalue weighted by Crippen LogP contribution is -2.47. The van der Waals surface area contributed by atoms with Gasteiger partial charge in [0.2, 0.25) is 0 Å². The Morgan fingerprint density at radius 2 is 1.79 bits per heavy atom. The first-order chi connectivity index (χ1) is 9.33. The van der Waals surface area contributed by atoms with Crippen LogP contribution in [0.2, 0.25) is 0 Å². The van der Waals surface area contributed by atoms with Gasteiger partial charge in [0.25, 0.3) is 5.91 Å². The second-order valence-corrected chi connectivity index (χ2v) is 5.60. The second-order valence-electron chi connectivity index (χ2n) is 5.60. The molecule has 0 aromatic heterocycles. The van der Waals surface area contributed by atoms with Crippen molar-refractivity contribution in [3.63, 3.8) is 0 Å². The zero-order chi connectivity index (χ0) is 13.1. The predicted octanol–water partition coefficient (Wildman–Crippen LogP) is 3.05. The van der Waals surface area contributed by atoms with Crippen molar-refractivity contribution in [3.8, 4) is 0 Å². The molecule has 1 aliphatic carbocycles. The van der Waals surface area contributed by atoms with Crippen LogP contribution in [-0.4, -0.2) is 24.1 Å². The molecule has 1 saturated carbocycles. The van der Waals surface area contributed by atoms with Crippen molar-refractivity contribution >= 4 is 5.91 Å². The number of amides is 1. The van der Waals surface area contributed by atoms with Gasteiger partial charge >= 0.3 is 0 Å². The normalized spacial score (nSPS) is 22.4. The minimum absolute atomic E-state index is 0.177. The summed E-state index contributed by atoms with van der Waals surface area (Å²) < 4.78 is 0. The van der Waals surface area contributed by atoms with Crippen LogP contribution in [0, 0.1) is 0 Å². The van der Waals surface area contributed by atoms with E-state index in [4.69, 9.17) is 4.84 Å². The molecule has 0 radical (unpaired) electrons. The van der Waals surface area contributed by atoms with E-state index in [2.05, 4.69) is 12.1 Å². The first-order valence-electron chi connectivity index (χ1n) is 7.33. The lowest BCUT2D eigenvalue weighted by Gasteiger charge is -2.35. The highest BCUT2D eigenvalue weighted by Gasteiger charge is 2.45. The van der Waals surface area contributed by atoms with Gasteiger partial charge in [-0.1, -0.05) is 43.2 Å². The summed E-state index contributed by atoms with van der Waals surface area (Å²) in [5.41, 5.74) is 0.824. The van der Waals surface area contributed by atoms with Crippen molar-refractivity contribution in [2.45, 2.75) is 43.9 Å². The molecule has 1 amide bonds. The predicted molar refractivity (Wildman–Crippen MR) is 73.5 cm³/mol. The Kier molecular flexibility index (Phi) is 3.56. The third-order valence-electron chi connectivity index (χ3n) is 4.42. The Labute approximate surface area is 114 Å². The molecule has 1 heterocycles. The van der Waals surface area contributed by atoms with Crippen LogP contribution in [-0.2, 0) is 15.0 Å². The van der Waals surface area contributed by atoms with Crippen LogP contribution in [0.3, 0.4) is 0 Å². The highest BCUT2D eigenvalue weighted by molar-refractivity contribution is 5.88. The van der Waals surface area contributed by atoms with Gasteiger partial charge in [0.05, 0.1) is 12.0 Å². The molecule has 19 heavy (non-hydrogen) atoms.